The van der Waals surface area contributed by atoms with E-state index in [0.29, 0.717) is 13.2 Å². The van der Waals surface area contributed by atoms with Crippen LogP contribution < -0.4 is 4.90 Å². The second kappa shape index (κ2) is 6.54. The fraction of sp³-hybridized carbons (Fsp3) is 0.524. The number of fused-ring (bicyclic) bond motifs is 1. The predicted molar refractivity (Wildman–Crippen MR) is 97.7 cm³/mol. The molecule has 2 saturated heterocycles. The number of hydrogen-bond donors (Lipinski definition) is 0. The van der Waals surface area contributed by atoms with Crippen LogP contribution >= 0.6 is 0 Å². The van der Waals surface area contributed by atoms with Gasteiger partial charge in [0, 0.05) is 5.69 Å². The lowest BCUT2D eigenvalue weighted by Gasteiger charge is -2.22. The Balaban J connectivity index is 1.53. The summed E-state index contributed by atoms with van der Waals surface area (Å²) < 4.78 is 11.6. The molecular formula is C21H25NO4. The van der Waals surface area contributed by atoms with Crippen molar-refractivity contribution < 1.29 is 19.1 Å². The number of carbonyl (C=O) groups excluding carboxylic acids is 2. The first-order valence-corrected chi connectivity index (χ1v) is 9.47. The third kappa shape index (κ3) is 2.65. The molecule has 0 unspecified atom stereocenters. The van der Waals surface area contributed by atoms with Gasteiger partial charge in [0.25, 0.3) is 0 Å². The number of amides is 1. The zero-order valence-electron chi connectivity index (χ0n) is 15.3. The Morgan fingerprint density at radius 3 is 2.81 bits per heavy atom. The number of hydrogen-bond acceptors (Lipinski definition) is 4. The summed E-state index contributed by atoms with van der Waals surface area (Å²) in [5.41, 5.74) is 1.30. The number of aryl methyl sites for hydroxylation is 1. The van der Waals surface area contributed by atoms with E-state index in [1.165, 1.54) is 0 Å². The molecule has 3 aliphatic rings. The van der Waals surface area contributed by atoms with E-state index in [9.17, 15) is 9.59 Å². The Bertz CT molecular complexity index is 741. The van der Waals surface area contributed by atoms with Crippen molar-refractivity contribution in [2.45, 2.75) is 44.8 Å². The lowest BCUT2D eigenvalue weighted by atomic mass is 9.77. The van der Waals surface area contributed by atoms with Crippen molar-refractivity contribution >= 4 is 17.6 Å². The molecule has 4 atom stereocenters. The highest BCUT2D eigenvalue weighted by Gasteiger charge is 2.67. The second-order valence-electron chi connectivity index (χ2n) is 7.53. The molecule has 0 aromatic heterocycles. The molecule has 1 aromatic rings. The smallest absolute Gasteiger partial charge is 0.312 e. The van der Waals surface area contributed by atoms with Crippen molar-refractivity contribution in [3.8, 4) is 0 Å². The normalized spacial score (nSPS) is 31.5. The van der Waals surface area contributed by atoms with Crippen LogP contribution in [-0.2, 0) is 19.1 Å². The highest BCUT2D eigenvalue weighted by atomic mass is 16.6. The Hall–Kier alpha value is -2.14. The van der Waals surface area contributed by atoms with Crippen LogP contribution in [0.25, 0.3) is 0 Å². The zero-order valence-corrected chi connectivity index (χ0v) is 15.3. The van der Waals surface area contributed by atoms with Crippen LogP contribution in [0.1, 0.15) is 31.7 Å². The van der Waals surface area contributed by atoms with Crippen molar-refractivity contribution in [3.63, 3.8) is 0 Å². The summed E-state index contributed by atoms with van der Waals surface area (Å²) in [5, 5.41) is 0. The van der Waals surface area contributed by atoms with E-state index in [0.717, 1.165) is 30.5 Å². The highest BCUT2D eigenvalue weighted by molar-refractivity contribution is 6.02. The fourth-order valence-electron chi connectivity index (χ4n) is 4.33. The summed E-state index contributed by atoms with van der Waals surface area (Å²) >= 11 is 0. The maximum Gasteiger partial charge on any atom is 0.312 e. The SMILES string of the molecule is CCCCCOC(=O)[C@H]1[C@H]2C=C[C@@]3(CN(c4ccc(C)cc4)C(=O)[C@@H]13)O2. The van der Waals surface area contributed by atoms with E-state index >= 15 is 0 Å². The summed E-state index contributed by atoms with van der Waals surface area (Å²) in [4.78, 5) is 27.6. The van der Waals surface area contributed by atoms with Gasteiger partial charge >= 0.3 is 5.97 Å². The second-order valence-corrected chi connectivity index (χ2v) is 7.53. The fourth-order valence-corrected chi connectivity index (χ4v) is 4.33. The van der Waals surface area contributed by atoms with Gasteiger partial charge in [0.2, 0.25) is 5.91 Å². The molecule has 26 heavy (non-hydrogen) atoms. The lowest BCUT2D eigenvalue weighted by Crippen LogP contribution is -2.40. The van der Waals surface area contributed by atoms with Gasteiger partial charge in [-0.2, -0.15) is 0 Å². The van der Waals surface area contributed by atoms with Gasteiger partial charge in [0.1, 0.15) is 11.5 Å². The van der Waals surface area contributed by atoms with Crippen molar-refractivity contribution in [1.82, 2.24) is 0 Å². The molecule has 2 fully saturated rings. The zero-order chi connectivity index (χ0) is 18.3. The first kappa shape index (κ1) is 17.3. The molecule has 5 nitrogen and oxygen atoms in total. The highest BCUT2D eigenvalue weighted by Crippen LogP contribution is 2.52. The molecule has 138 valence electrons. The number of ether oxygens (including phenoxy) is 2. The molecule has 0 N–H and O–H groups in total. The van der Waals surface area contributed by atoms with Crippen molar-refractivity contribution in [2.24, 2.45) is 11.8 Å². The number of esters is 1. The Morgan fingerprint density at radius 2 is 2.08 bits per heavy atom. The lowest BCUT2D eigenvalue weighted by molar-refractivity contribution is -0.152. The van der Waals surface area contributed by atoms with Crippen LogP contribution in [-0.4, -0.2) is 36.7 Å². The minimum Gasteiger partial charge on any atom is -0.465 e. The molecule has 0 saturated carbocycles. The van der Waals surface area contributed by atoms with Gasteiger partial charge in [0.05, 0.1) is 25.2 Å². The molecule has 2 bridgehead atoms. The summed E-state index contributed by atoms with van der Waals surface area (Å²) in [5.74, 6) is -1.38. The van der Waals surface area contributed by atoms with Gasteiger partial charge in [-0.15, -0.1) is 0 Å². The summed E-state index contributed by atoms with van der Waals surface area (Å²) in [6, 6.07) is 7.86. The van der Waals surface area contributed by atoms with Crippen LogP contribution in [0.5, 0.6) is 0 Å². The first-order valence-electron chi connectivity index (χ1n) is 9.47. The molecule has 1 amide bonds. The van der Waals surface area contributed by atoms with Gasteiger partial charge < -0.3 is 14.4 Å². The summed E-state index contributed by atoms with van der Waals surface area (Å²) in [6.07, 6.45) is 6.50. The topological polar surface area (TPSA) is 55.8 Å². The Labute approximate surface area is 154 Å². The van der Waals surface area contributed by atoms with Crippen LogP contribution in [0.3, 0.4) is 0 Å². The average Bonchev–Trinajstić information content (AvgIpc) is 3.28. The number of rotatable bonds is 6. The first-order chi connectivity index (χ1) is 12.6. The van der Waals surface area contributed by atoms with E-state index < -0.39 is 17.4 Å². The van der Waals surface area contributed by atoms with Crippen LogP contribution in [0, 0.1) is 18.8 Å². The molecule has 4 rings (SSSR count). The average molecular weight is 355 g/mol. The molecule has 1 aromatic carbocycles. The monoisotopic (exact) mass is 355 g/mol. The van der Waals surface area contributed by atoms with E-state index in [-0.39, 0.29) is 18.0 Å². The largest absolute Gasteiger partial charge is 0.465 e. The van der Waals surface area contributed by atoms with E-state index in [4.69, 9.17) is 9.47 Å². The number of nitrogens with zero attached hydrogens (tertiary/aromatic N) is 1. The van der Waals surface area contributed by atoms with Gasteiger partial charge in [-0.3, -0.25) is 9.59 Å². The third-order valence-electron chi connectivity index (χ3n) is 5.71. The standard InChI is InChI=1S/C21H25NO4/c1-3-4-5-12-25-20(24)17-16-10-11-21(26-16)13-22(19(23)18(17)21)15-8-6-14(2)7-9-15/h6-11,16-18H,3-5,12-13H2,1-2H3/t16-,17+,18-,21+/m1/s1. The van der Waals surface area contributed by atoms with Crippen LogP contribution in [0.15, 0.2) is 36.4 Å². The number of benzene rings is 1. The number of anilines is 1. The molecule has 0 radical (unpaired) electrons. The molecule has 5 heteroatoms. The molecule has 3 heterocycles. The molecule has 1 spiro atoms. The van der Waals surface area contributed by atoms with E-state index in [1.807, 2.05) is 43.3 Å². The van der Waals surface area contributed by atoms with Crippen molar-refractivity contribution in [1.29, 1.82) is 0 Å². The molecule has 3 aliphatic heterocycles. The van der Waals surface area contributed by atoms with Gasteiger partial charge in [-0.25, -0.2) is 0 Å². The van der Waals surface area contributed by atoms with Crippen molar-refractivity contribution in [2.75, 3.05) is 18.1 Å². The number of carbonyl (C=O) groups is 2. The Kier molecular flexibility index (Phi) is 4.35. The van der Waals surface area contributed by atoms with Gasteiger partial charge in [-0.1, -0.05) is 49.6 Å². The predicted octanol–water partition coefficient (Wildman–Crippen LogP) is 3.01. The van der Waals surface area contributed by atoms with Gasteiger partial charge in [-0.05, 0) is 25.5 Å². The summed E-state index contributed by atoms with van der Waals surface area (Å²) in [6.45, 7) is 4.99. The maximum absolute atomic E-state index is 13.2. The molecule has 0 aliphatic carbocycles. The van der Waals surface area contributed by atoms with Gasteiger partial charge in [0.15, 0.2) is 0 Å². The maximum atomic E-state index is 13.2. The van der Waals surface area contributed by atoms with Crippen molar-refractivity contribution in [3.05, 3.63) is 42.0 Å². The van der Waals surface area contributed by atoms with Crippen LogP contribution in [0.4, 0.5) is 5.69 Å². The molecular weight excluding hydrogens is 330 g/mol. The third-order valence-corrected chi connectivity index (χ3v) is 5.71. The quantitative estimate of drug-likeness (QED) is 0.447. The summed E-state index contributed by atoms with van der Waals surface area (Å²) in [7, 11) is 0. The van der Waals surface area contributed by atoms with E-state index in [1.54, 1.807) is 4.90 Å². The van der Waals surface area contributed by atoms with Crippen LogP contribution in [0.2, 0.25) is 0 Å². The Morgan fingerprint density at radius 1 is 1.31 bits per heavy atom. The minimum atomic E-state index is -0.695. The number of unbranched alkanes of at least 4 members (excludes halogenated alkanes) is 2. The van der Waals surface area contributed by atoms with E-state index in [2.05, 4.69) is 6.92 Å². The minimum absolute atomic E-state index is 0.0452.